The molecule has 1 aliphatic rings. The summed E-state index contributed by atoms with van der Waals surface area (Å²) in [4.78, 5) is 26.7. The number of benzene rings is 1. The van der Waals surface area contributed by atoms with Crippen LogP contribution in [0.5, 0.6) is 0 Å². The number of nitriles is 1. The number of nitrogens with one attached hydrogen (secondary N) is 4. The summed E-state index contributed by atoms with van der Waals surface area (Å²) in [6.07, 6.45) is 3.32. The number of hydrogen-bond donors (Lipinski definition) is 4. The van der Waals surface area contributed by atoms with Gasteiger partial charge in [0.2, 0.25) is 0 Å². The van der Waals surface area contributed by atoms with Gasteiger partial charge in [-0.2, -0.15) is 5.26 Å². The van der Waals surface area contributed by atoms with Crippen LogP contribution in [0, 0.1) is 11.3 Å². The molecular weight excluding hydrogens is 404 g/mol. The van der Waals surface area contributed by atoms with E-state index < -0.39 is 0 Å². The largest absolute Gasteiger partial charge is 0.382 e. The fourth-order valence-electron chi connectivity index (χ4n) is 3.52. The third kappa shape index (κ3) is 4.87. The number of imidazole rings is 1. The van der Waals surface area contributed by atoms with Gasteiger partial charge in [0.1, 0.15) is 17.3 Å². The Morgan fingerprint density at radius 1 is 1.16 bits per heavy atom. The second kappa shape index (κ2) is 9.49. The zero-order chi connectivity index (χ0) is 22.5. The summed E-state index contributed by atoms with van der Waals surface area (Å²) < 4.78 is 0. The molecule has 9 nitrogen and oxygen atoms in total. The van der Waals surface area contributed by atoms with Gasteiger partial charge in [0.25, 0.3) is 5.91 Å². The Labute approximate surface area is 186 Å². The van der Waals surface area contributed by atoms with E-state index in [1.165, 1.54) is 0 Å². The van der Waals surface area contributed by atoms with Crippen molar-refractivity contribution in [3.63, 3.8) is 0 Å². The van der Waals surface area contributed by atoms with Gasteiger partial charge >= 0.3 is 0 Å². The SMILES string of the molecule is CC(C)Nc1cc(Nc2ccc(C#N)cc2)ncc1-c1ncc(C(=O)N2CCNCC2)[nH]1. The number of anilines is 3. The maximum Gasteiger partial charge on any atom is 0.272 e. The Kier molecular flexibility index (Phi) is 6.33. The molecule has 1 saturated heterocycles. The van der Waals surface area contributed by atoms with Crippen molar-refractivity contribution in [1.82, 2.24) is 25.2 Å². The van der Waals surface area contributed by atoms with Crippen molar-refractivity contribution in [3.8, 4) is 17.5 Å². The van der Waals surface area contributed by atoms with Gasteiger partial charge in [-0.1, -0.05) is 0 Å². The molecule has 164 valence electrons. The molecule has 0 spiro atoms. The molecule has 1 fully saturated rings. The highest BCUT2D eigenvalue weighted by Gasteiger charge is 2.21. The normalized spacial score (nSPS) is 13.6. The fraction of sp³-hybridized carbons (Fsp3) is 0.304. The zero-order valence-corrected chi connectivity index (χ0v) is 18.1. The Bertz CT molecular complexity index is 1120. The lowest BCUT2D eigenvalue weighted by Crippen LogP contribution is -2.46. The molecule has 1 aliphatic heterocycles. The highest BCUT2D eigenvalue weighted by Crippen LogP contribution is 2.29. The van der Waals surface area contributed by atoms with Crippen molar-refractivity contribution in [2.45, 2.75) is 19.9 Å². The van der Waals surface area contributed by atoms with Crippen LogP contribution in [0.1, 0.15) is 29.9 Å². The molecule has 4 N–H and O–H groups in total. The highest BCUT2D eigenvalue weighted by molar-refractivity contribution is 5.93. The molecule has 3 heterocycles. The Balaban J connectivity index is 1.58. The first-order chi connectivity index (χ1) is 15.5. The first-order valence-electron chi connectivity index (χ1n) is 10.6. The van der Waals surface area contributed by atoms with E-state index in [2.05, 4.69) is 50.8 Å². The fourth-order valence-corrected chi connectivity index (χ4v) is 3.52. The van der Waals surface area contributed by atoms with Crippen LogP contribution in [0.15, 0.2) is 42.7 Å². The van der Waals surface area contributed by atoms with Gasteiger partial charge in [0.15, 0.2) is 0 Å². The van der Waals surface area contributed by atoms with Gasteiger partial charge in [0.05, 0.1) is 29.1 Å². The number of carbonyl (C=O) groups is 1. The molecular formula is C23H26N8O. The number of H-pyrrole nitrogens is 1. The average molecular weight is 431 g/mol. The minimum atomic E-state index is -0.0457. The van der Waals surface area contributed by atoms with Gasteiger partial charge in [-0.3, -0.25) is 4.79 Å². The lowest BCUT2D eigenvalue weighted by molar-refractivity contribution is 0.0730. The lowest BCUT2D eigenvalue weighted by atomic mass is 10.2. The number of carbonyl (C=O) groups excluding carboxylic acids is 1. The molecule has 0 atom stereocenters. The maximum atomic E-state index is 12.8. The number of pyridine rings is 1. The molecule has 2 aromatic heterocycles. The number of aromatic nitrogens is 3. The summed E-state index contributed by atoms with van der Waals surface area (Å²) in [5, 5.41) is 18.9. The molecule has 0 saturated carbocycles. The molecule has 1 aromatic carbocycles. The van der Waals surface area contributed by atoms with Crippen LogP contribution in [-0.2, 0) is 0 Å². The molecule has 0 aliphatic carbocycles. The van der Waals surface area contributed by atoms with Crippen LogP contribution in [-0.4, -0.2) is 58.0 Å². The summed E-state index contributed by atoms with van der Waals surface area (Å²) in [6, 6.07) is 11.4. The number of nitrogens with zero attached hydrogens (tertiary/aromatic N) is 4. The molecule has 3 aromatic rings. The number of hydrogen-bond acceptors (Lipinski definition) is 7. The summed E-state index contributed by atoms with van der Waals surface area (Å²) in [5.41, 5.74) is 3.54. The molecule has 0 unspecified atom stereocenters. The minimum absolute atomic E-state index is 0.0457. The van der Waals surface area contributed by atoms with Gasteiger partial charge in [-0.05, 0) is 38.1 Å². The number of amides is 1. The van der Waals surface area contributed by atoms with E-state index in [1.807, 2.05) is 23.1 Å². The van der Waals surface area contributed by atoms with E-state index in [0.29, 0.717) is 36.0 Å². The van der Waals surface area contributed by atoms with Crippen LogP contribution < -0.4 is 16.0 Å². The van der Waals surface area contributed by atoms with Crippen LogP contribution in [0.2, 0.25) is 0 Å². The number of piperazine rings is 1. The van der Waals surface area contributed by atoms with E-state index in [1.54, 1.807) is 24.5 Å². The van der Waals surface area contributed by atoms with Gasteiger partial charge in [-0.25, -0.2) is 9.97 Å². The van der Waals surface area contributed by atoms with Gasteiger partial charge < -0.3 is 25.8 Å². The van der Waals surface area contributed by atoms with Gasteiger partial charge in [0, 0.05) is 50.2 Å². The molecule has 9 heteroatoms. The molecule has 0 radical (unpaired) electrons. The average Bonchev–Trinajstić information content (AvgIpc) is 3.29. The third-order valence-electron chi connectivity index (χ3n) is 5.10. The van der Waals surface area contributed by atoms with E-state index in [9.17, 15) is 4.79 Å². The quantitative estimate of drug-likeness (QED) is 0.474. The van der Waals surface area contributed by atoms with E-state index in [0.717, 1.165) is 30.0 Å². The smallest absolute Gasteiger partial charge is 0.272 e. The Morgan fingerprint density at radius 2 is 1.91 bits per heavy atom. The van der Waals surface area contributed by atoms with Crippen molar-refractivity contribution >= 4 is 23.1 Å². The van der Waals surface area contributed by atoms with Crippen LogP contribution in [0.4, 0.5) is 17.2 Å². The molecule has 4 rings (SSSR count). The topological polar surface area (TPSA) is 122 Å². The summed E-state index contributed by atoms with van der Waals surface area (Å²) in [6.45, 7) is 7.08. The predicted molar refractivity (Wildman–Crippen MR) is 124 cm³/mol. The van der Waals surface area contributed by atoms with E-state index >= 15 is 0 Å². The van der Waals surface area contributed by atoms with Crippen LogP contribution in [0.25, 0.3) is 11.4 Å². The zero-order valence-electron chi connectivity index (χ0n) is 18.1. The first-order valence-corrected chi connectivity index (χ1v) is 10.6. The van der Waals surface area contributed by atoms with Crippen molar-refractivity contribution in [2.24, 2.45) is 0 Å². The maximum absolute atomic E-state index is 12.8. The highest BCUT2D eigenvalue weighted by atomic mass is 16.2. The van der Waals surface area contributed by atoms with Crippen molar-refractivity contribution < 1.29 is 4.79 Å². The minimum Gasteiger partial charge on any atom is -0.382 e. The standard InChI is InChI=1S/C23H26N8O/c1-15(2)28-19-11-21(29-17-5-3-16(12-24)4-6-17)26-13-18(19)22-27-14-20(30-22)23(32)31-9-7-25-8-10-31/h3-6,11,13-15,25H,7-10H2,1-2H3,(H,27,30)(H2,26,28,29). The summed E-state index contributed by atoms with van der Waals surface area (Å²) in [7, 11) is 0. The summed E-state index contributed by atoms with van der Waals surface area (Å²) in [5.74, 6) is 1.20. The molecule has 1 amide bonds. The van der Waals surface area contributed by atoms with Crippen molar-refractivity contribution in [1.29, 1.82) is 5.26 Å². The predicted octanol–water partition coefficient (Wildman–Crippen LogP) is 2.95. The lowest BCUT2D eigenvalue weighted by Gasteiger charge is -2.26. The summed E-state index contributed by atoms with van der Waals surface area (Å²) >= 11 is 0. The van der Waals surface area contributed by atoms with Crippen LogP contribution in [0.3, 0.4) is 0 Å². The van der Waals surface area contributed by atoms with Gasteiger partial charge in [-0.15, -0.1) is 0 Å². The monoisotopic (exact) mass is 430 g/mol. The third-order valence-corrected chi connectivity index (χ3v) is 5.10. The number of rotatable bonds is 6. The second-order valence-electron chi connectivity index (χ2n) is 7.92. The van der Waals surface area contributed by atoms with Crippen molar-refractivity contribution in [3.05, 3.63) is 54.0 Å². The van der Waals surface area contributed by atoms with Crippen molar-refractivity contribution in [2.75, 3.05) is 36.8 Å². The number of aromatic amines is 1. The Morgan fingerprint density at radius 3 is 2.59 bits per heavy atom. The first kappa shape index (κ1) is 21.3. The second-order valence-corrected chi connectivity index (χ2v) is 7.92. The molecule has 0 bridgehead atoms. The Hall–Kier alpha value is -3.90. The molecule has 32 heavy (non-hydrogen) atoms. The van der Waals surface area contributed by atoms with E-state index in [-0.39, 0.29) is 11.9 Å². The van der Waals surface area contributed by atoms with E-state index in [4.69, 9.17) is 5.26 Å². The van der Waals surface area contributed by atoms with Crippen LogP contribution >= 0.6 is 0 Å².